The Morgan fingerprint density at radius 3 is 2.53 bits per heavy atom. The summed E-state index contributed by atoms with van der Waals surface area (Å²) < 4.78 is 0.654. The summed E-state index contributed by atoms with van der Waals surface area (Å²) in [4.78, 5) is 22.2. The van der Waals surface area contributed by atoms with Crippen molar-refractivity contribution in [1.82, 2.24) is 0 Å². The van der Waals surface area contributed by atoms with Gasteiger partial charge in [0.25, 0.3) is 0 Å². The van der Waals surface area contributed by atoms with Crippen molar-refractivity contribution in [3.8, 4) is 0 Å². The molecule has 4 heteroatoms. The third kappa shape index (κ3) is 2.36. The van der Waals surface area contributed by atoms with Gasteiger partial charge in [-0.25, -0.2) is 0 Å². The van der Waals surface area contributed by atoms with E-state index in [0.29, 0.717) is 10.0 Å². The number of carboxylic acids is 1. The zero-order valence-electron chi connectivity index (χ0n) is 8.81. The average molecular weight is 293 g/mol. The van der Waals surface area contributed by atoms with Crippen molar-refractivity contribution in [3.05, 3.63) is 46.4 Å². The Morgan fingerprint density at radius 2 is 1.82 bits per heavy atom. The predicted octanol–water partition coefficient (Wildman–Crippen LogP) is 3.26. The van der Waals surface area contributed by atoms with Crippen molar-refractivity contribution < 1.29 is 14.7 Å². The molecule has 0 saturated carbocycles. The first-order chi connectivity index (χ1) is 8.09. The van der Waals surface area contributed by atoms with E-state index in [4.69, 9.17) is 5.11 Å². The molecule has 0 amide bonds. The Balaban J connectivity index is 2.52. The van der Waals surface area contributed by atoms with Crippen molar-refractivity contribution in [2.75, 3.05) is 0 Å². The van der Waals surface area contributed by atoms with Crippen LogP contribution in [0.4, 0.5) is 0 Å². The van der Waals surface area contributed by atoms with Gasteiger partial charge in [-0.2, -0.15) is 0 Å². The summed E-state index contributed by atoms with van der Waals surface area (Å²) in [5, 5.41) is 10.5. The molecule has 2 aromatic rings. The van der Waals surface area contributed by atoms with Gasteiger partial charge in [0.1, 0.15) is 6.42 Å². The average Bonchev–Trinajstić information content (AvgIpc) is 2.28. The molecule has 2 rings (SSSR count). The van der Waals surface area contributed by atoms with E-state index in [1.165, 1.54) is 0 Å². The standard InChI is InChI=1S/C13H9BrO3/c14-13-9-4-2-1-3-8(9)5-6-10(13)11(15)7-12(16)17/h1-6H,7H2,(H,16,17). The van der Waals surface area contributed by atoms with Gasteiger partial charge in [-0.15, -0.1) is 0 Å². The largest absolute Gasteiger partial charge is 0.481 e. The maximum absolute atomic E-state index is 11.7. The van der Waals surface area contributed by atoms with Gasteiger partial charge in [0, 0.05) is 10.0 Å². The molecule has 0 atom stereocenters. The minimum atomic E-state index is -1.12. The molecule has 0 bridgehead atoms. The highest BCUT2D eigenvalue weighted by Gasteiger charge is 2.15. The fourth-order valence-corrected chi connectivity index (χ4v) is 2.40. The van der Waals surface area contributed by atoms with Crippen molar-refractivity contribution >= 4 is 38.5 Å². The van der Waals surface area contributed by atoms with Gasteiger partial charge in [-0.05, 0) is 32.8 Å². The van der Waals surface area contributed by atoms with Crippen LogP contribution in [0.5, 0.6) is 0 Å². The zero-order chi connectivity index (χ0) is 12.4. The third-order valence-corrected chi connectivity index (χ3v) is 3.33. The lowest BCUT2D eigenvalue weighted by Crippen LogP contribution is -2.07. The maximum atomic E-state index is 11.7. The summed E-state index contributed by atoms with van der Waals surface area (Å²) in [5.41, 5.74) is 0.408. The van der Waals surface area contributed by atoms with Crippen LogP contribution in [0.1, 0.15) is 16.8 Å². The van der Waals surface area contributed by atoms with E-state index in [2.05, 4.69) is 15.9 Å². The molecule has 0 saturated heterocycles. The summed E-state index contributed by atoms with van der Waals surface area (Å²) >= 11 is 3.36. The Labute approximate surface area is 106 Å². The maximum Gasteiger partial charge on any atom is 0.311 e. The molecule has 0 fully saturated rings. The highest BCUT2D eigenvalue weighted by atomic mass is 79.9. The number of hydrogen-bond donors (Lipinski definition) is 1. The van der Waals surface area contributed by atoms with Crippen LogP contribution in [0, 0.1) is 0 Å². The van der Waals surface area contributed by atoms with Crippen molar-refractivity contribution in [1.29, 1.82) is 0 Å². The number of carbonyl (C=O) groups excluding carboxylic acids is 1. The lowest BCUT2D eigenvalue weighted by Gasteiger charge is -2.06. The topological polar surface area (TPSA) is 54.4 Å². The molecule has 0 aliphatic rings. The van der Waals surface area contributed by atoms with Crippen LogP contribution in [-0.4, -0.2) is 16.9 Å². The van der Waals surface area contributed by atoms with Crippen LogP contribution < -0.4 is 0 Å². The molecule has 0 radical (unpaired) electrons. The summed E-state index contributed by atoms with van der Waals surface area (Å²) in [7, 11) is 0. The fraction of sp³-hybridized carbons (Fsp3) is 0.0769. The van der Waals surface area contributed by atoms with Gasteiger partial charge < -0.3 is 5.11 Å². The van der Waals surface area contributed by atoms with Crippen molar-refractivity contribution in [2.24, 2.45) is 0 Å². The van der Waals surface area contributed by atoms with Gasteiger partial charge in [0.15, 0.2) is 5.78 Å². The van der Waals surface area contributed by atoms with Crippen LogP contribution in [0.15, 0.2) is 40.9 Å². The molecule has 0 aromatic heterocycles. The van der Waals surface area contributed by atoms with Crippen LogP contribution in [-0.2, 0) is 4.79 Å². The van der Waals surface area contributed by atoms with Crippen LogP contribution >= 0.6 is 15.9 Å². The van der Waals surface area contributed by atoms with E-state index in [-0.39, 0.29) is 0 Å². The first-order valence-corrected chi connectivity index (χ1v) is 5.81. The lowest BCUT2D eigenvalue weighted by atomic mass is 10.0. The quantitative estimate of drug-likeness (QED) is 0.698. The molecule has 3 nitrogen and oxygen atoms in total. The molecule has 17 heavy (non-hydrogen) atoms. The number of carbonyl (C=O) groups is 2. The number of benzene rings is 2. The van der Waals surface area contributed by atoms with Gasteiger partial charge >= 0.3 is 5.97 Å². The third-order valence-electron chi connectivity index (χ3n) is 2.48. The van der Waals surface area contributed by atoms with E-state index in [1.807, 2.05) is 30.3 Å². The number of Topliss-reactive ketones (excluding diaryl/α,β-unsaturated/α-hetero) is 1. The van der Waals surface area contributed by atoms with E-state index < -0.39 is 18.2 Å². The molecule has 0 unspecified atom stereocenters. The molecule has 0 aliphatic heterocycles. The number of rotatable bonds is 3. The highest BCUT2D eigenvalue weighted by Crippen LogP contribution is 2.28. The molecule has 86 valence electrons. The minimum Gasteiger partial charge on any atom is -0.481 e. The smallest absolute Gasteiger partial charge is 0.311 e. The van der Waals surface area contributed by atoms with Gasteiger partial charge in [0.2, 0.25) is 0 Å². The Kier molecular flexibility index (Phi) is 3.24. The molecule has 0 aliphatic carbocycles. The van der Waals surface area contributed by atoms with Gasteiger partial charge in [-0.3, -0.25) is 9.59 Å². The molecule has 2 aromatic carbocycles. The first-order valence-electron chi connectivity index (χ1n) is 5.02. The predicted molar refractivity (Wildman–Crippen MR) is 68.2 cm³/mol. The van der Waals surface area contributed by atoms with E-state index in [1.54, 1.807) is 6.07 Å². The van der Waals surface area contributed by atoms with Crippen LogP contribution in [0.25, 0.3) is 10.8 Å². The molecule has 1 N–H and O–H groups in total. The van der Waals surface area contributed by atoms with Gasteiger partial charge in [0.05, 0.1) is 0 Å². The van der Waals surface area contributed by atoms with E-state index in [9.17, 15) is 9.59 Å². The lowest BCUT2D eigenvalue weighted by molar-refractivity contribution is -0.135. The number of halogens is 1. The molecular weight excluding hydrogens is 284 g/mol. The zero-order valence-corrected chi connectivity index (χ0v) is 10.4. The second kappa shape index (κ2) is 4.67. The Hall–Kier alpha value is -1.68. The van der Waals surface area contributed by atoms with E-state index >= 15 is 0 Å². The second-order valence-corrected chi connectivity index (χ2v) is 4.43. The molecule has 0 spiro atoms. The summed E-state index contributed by atoms with van der Waals surface area (Å²) in [6, 6.07) is 11.1. The fourth-order valence-electron chi connectivity index (χ4n) is 1.68. The normalized spacial score (nSPS) is 10.4. The SMILES string of the molecule is O=C(O)CC(=O)c1ccc2ccccc2c1Br. The first kappa shape index (κ1) is 11.8. The summed E-state index contributed by atoms with van der Waals surface area (Å²) in [5.74, 6) is -1.51. The Bertz CT molecular complexity index is 605. The van der Waals surface area contributed by atoms with Crippen LogP contribution in [0.2, 0.25) is 0 Å². The van der Waals surface area contributed by atoms with Crippen molar-refractivity contribution in [2.45, 2.75) is 6.42 Å². The molecule has 0 heterocycles. The number of aliphatic carboxylic acids is 1. The minimum absolute atomic E-state index is 0.393. The summed E-state index contributed by atoms with van der Waals surface area (Å²) in [6.07, 6.45) is -0.489. The van der Waals surface area contributed by atoms with E-state index in [0.717, 1.165) is 10.8 Å². The highest BCUT2D eigenvalue weighted by molar-refractivity contribution is 9.10. The number of carboxylic acid groups (broad SMARTS) is 1. The summed E-state index contributed by atoms with van der Waals surface area (Å²) in [6.45, 7) is 0. The number of ketones is 1. The monoisotopic (exact) mass is 292 g/mol. The van der Waals surface area contributed by atoms with Crippen LogP contribution in [0.3, 0.4) is 0 Å². The van der Waals surface area contributed by atoms with Gasteiger partial charge in [-0.1, -0.05) is 30.3 Å². The molecular formula is C13H9BrO3. The number of hydrogen-bond acceptors (Lipinski definition) is 2. The van der Waals surface area contributed by atoms with Crippen molar-refractivity contribution in [3.63, 3.8) is 0 Å². The number of fused-ring (bicyclic) bond motifs is 1. The Morgan fingerprint density at radius 1 is 1.12 bits per heavy atom. The second-order valence-electron chi connectivity index (χ2n) is 3.64.